The molecule has 0 aliphatic heterocycles. The van der Waals surface area contributed by atoms with Gasteiger partial charge in [-0.1, -0.05) is 12.8 Å². The topological polar surface area (TPSA) is 91.3 Å². The Morgan fingerprint density at radius 1 is 1.39 bits per heavy atom. The van der Waals surface area contributed by atoms with Gasteiger partial charge in [0.05, 0.1) is 4.92 Å². The smallest absolute Gasteiger partial charge is 0.329 e. The summed E-state index contributed by atoms with van der Waals surface area (Å²) >= 11 is 0. The Labute approximate surface area is 105 Å². The fourth-order valence-electron chi connectivity index (χ4n) is 2.22. The number of aromatic nitrogens is 1. The molecule has 0 bridgehead atoms. The van der Waals surface area contributed by atoms with E-state index >= 15 is 0 Å². The van der Waals surface area contributed by atoms with Gasteiger partial charge in [-0.15, -0.1) is 0 Å². The van der Waals surface area contributed by atoms with Gasteiger partial charge in [0.25, 0.3) is 0 Å². The molecule has 1 saturated carbocycles. The lowest BCUT2D eigenvalue weighted by Crippen LogP contribution is -2.38. The van der Waals surface area contributed by atoms with Crippen LogP contribution in [0.2, 0.25) is 0 Å². The van der Waals surface area contributed by atoms with Crippen LogP contribution in [0.3, 0.4) is 0 Å². The number of hydrogen-bond donors (Lipinski definition) is 1. The summed E-state index contributed by atoms with van der Waals surface area (Å²) in [5.41, 5.74) is 5.94. The normalized spacial score (nSPS) is 24.3. The van der Waals surface area contributed by atoms with Gasteiger partial charge in [-0.2, -0.15) is 0 Å². The van der Waals surface area contributed by atoms with Crippen LogP contribution in [0.5, 0.6) is 5.75 Å². The zero-order chi connectivity index (χ0) is 13.0. The Morgan fingerprint density at radius 2 is 2.17 bits per heavy atom. The maximum absolute atomic E-state index is 10.9. The van der Waals surface area contributed by atoms with Gasteiger partial charge in [-0.3, -0.25) is 15.1 Å². The quantitative estimate of drug-likeness (QED) is 0.504. The van der Waals surface area contributed by atoms with E-state index < -0.39 is 4.92 Å². The molecule has 0 spiro atoms. The molecular formula is C12H17N3O3. The van der Waals surface area contributed by atoms with Crippen LogP contribution in [0, 0.1) is 10.1 Å². The van der Waals surface area contributed by atoms with Crippen molar-refractivity contribution in [2.24, 2.45) is 5.73 Å². The Kier molecular flexibility index (Phi) is 4.09. The van der Waals surface area contributed by atoms with Crippen LogP contribution in [-0.4, -0.2) is 22.1 Å². The second kappa shape index (κ2) is 5.77. The fraction of sp³-hybridized carbons (Fsp3) is 0.583. The number of rotatable bonds is 3. The average molecular weight is 251 g/mol. The van der Waals surface area contributed by atoms with Crippen molar-refractivity contribution in [2.45, 2.75) is 44.2 Å². The Balaban J connectivity index is 2.14. The zero-order valence-corrected chi connectivity index (χ0v) is 10.1. The second-order valence-corrected chi connectivity index (χ2v) is 4.56. The summed E-state index contributed by atoms with van der Waals surface area (Å²) in [5, 5.41) is 10.9. The molecule has 2 N–H and O–H groups in total. The van der Waals surface area contributed by atoms with E-state index in [1.807, 2.05) is 0 Å². The molecule has 2 rings (SSSR count). The van der Waals surface area contributed by atoms with Gasteiger partial charge in [0.1, 0.15) is 12.3 Å². The summed E-state index contributed by atoms with van der Waals surface area (Å²) in [6, 6.07) is 1.47. The van der Waals surface area contributed by atoms with Crippen molar-refractivity contribution in [3.05, 3.63) is 28.6 Å². The number of nitrogens with zero attached hydrogens (tertiary/aromatic N) is 2. The minimum absolute atomic E-state index is 0.0553. The maximum atomic E-state index is 10.9. The van der Waals surface area contributed by atoms with Crippen molar-refractivity contribution in [3.8, 4) is 5.75 Å². The minimum Gasteiger partial charge on any atom is -0.482 e. The third kappa shape index (κ3) is 2.95. The van der Waals surface area contributed by atoms with Crippen LogP contribution in [0.4, 0.5) is 5.69 Å². The number of ether oxygens (including phenoxy) is 1. The molecule has 6 heteroatoms. The van der Waals surface area contributed by atoms with Crippen molar-refractivity contribution in [2.75, 3.05) is 0 Å². The summed E-state index contributed by atoms with van der Waals surface area (Å²) in [4.78, 5) is 14.1. The summed E-state index contributed by atoms with van der Waals surface area (Å²) < 4.78 is 5.73. The molecule has 18 heavy (non-hydrogen) atoms. The SMILES string of the molecule is NC1CCCCCC1Oc1ccncc1[N+](=O)[O-]. The van der Waals surface area contributed by atoms with Gasteiger partial charge in [-0.25, -0.2) is 0 Å². The van der Waals surface area contributed by atoms with Crippen molar-refractivity contribution < 1.29 is 9.66 Å². The molecule has 1 fully saturated rings. The summed E-state index contributed by atoms with van der Waals surface area (Å²) in [5.74, 6) is 0.261. The molecule has 2 atom stereocenters. The van der Waals surface area contributed by atoms with Crippen molar-refractivity contribution in [1.29, 1.82) is 0 Å². The predicted molar refractivity (Wildman–Crippen MR) is 66.4 cm³/mol. The van der Waals surface area contributed by atoms with Gasteiger partial charge in [0.15, 0.2) is 0 Å². The lowest BCUT2D eigenvalue weighted by Gasteiger charge is -2.22. The van der Waals surface area contributed by atoms with Crippen LogP contribution < -0.4 is 10.5 Å². The van der Waals surface area contributed by atoms with Crippen LogP contribution in [0.25, 0.3) is 0 Å². The molecule has 1 aromatic heterocycles. The highest BCUT2D eigenvalue weighted by Gasteiger charge is 2.25. The van der Waals surface area contributed by atoms with E-state index in [4.69, 9.17) is 10.5 Å². The van der Waals surface area contributed by atoms with E-state index in [1.54, 1.807) is 0 Å². The molecule has 0 amide bonds. The van der Waals surface area contributed by atoms with Crippen LogP contribution in [-0.2, 0) is 0 Å². The highest BCUT2D eigenvalue weighted by molar-refractivity contribution is 5.43. The second-order valence-electron chi connectivity index (χ2n) is 4.56. The van der Waals surface area contributed by atoms with Gasteiger partial charge in [0, 0.05) is 18.3 Å². The molecular weight excluding hydrogens is 234 g/mol. The predicted octanol–water partition coefficient (Wildman–Crippen LogP) is 2.03. The van der Waals surface area contributed by atoms with E-state index in [9.17, 15) is 10.1 Å². The summed E-state index contributed by atoms with van der Waals surface area (Å²) in [6.07, 6.45) is 7.60. The Morgan fingerprint density at radius 3 is 2.94 bits per heavy atom. The standard InChI is InChI=1S/C12H17N3O3/c13-9-4-2-1-3-5-11(9)18-12-6-7-14-8-10(12)15(16)17/h6-9,11H,1-5,13H2. The molecule has 0 saturated heterocycles. The van der Waals surface area contributed by atoms with Crippen molar-refractivity contribution in [3.63, 3.8) is 0 Å². The van der Waals surface area contributed by atoms with Crippen LogP contribution in [0.1, 0.15) is 32.1 Å². The third-order valence-corrected chi connectivity index (χ3v) is 3.24. The van der Waals surface area contributed by atoms with Crippen molar-refractivity contribution >= 4 is 5.69 Å². The van der Waals surface area contributed by atoms with E-state index in [0.717, 1.165) is 32.1 Å². The highest BCUT2D eigenvalue weighted by atomic mass is 16.6. The first kappa shape index (κ1) is 12.8. The lowest BCUT2D eigenvalue weighted by atomic mass is 10.1. The average Bonchev–Trinajstić information content (AvgIpc) is 2.55. The van der Waals surface area contributed by atoms with E-state index in [-0.39, 0.29) is 23.6 Å². The van der Waals surface area contributed by atoms with Gasteiger partial charge >= 0.3 is 5.69 Å². The molecule has 1 aliphatic carbocycles. The van der Waals surface area contributed by atoms with E-state index in [0.29, 0.717) is 0 Å². The molecule has 1 heterocycles. The highest BCUT2D eigenvalue weighted by Crippen LogP contribution is 2.28. The number of hydrogen-bond acceptors (Lipinski definition) is 5. The zero-order valence-electron chi connectivity index (χ0n) is 10.1. The summed E-state index contributed by atoms with van der Waals surface area (Å²) in [6.45, 7) is 0. The molecule has 98 valence electrons. The minimum atomic E-state index is -0.482. The molecule has 1 aliphatic rings. The van der Waals surface area contributed by atoms with Gasteiger partial charge in [-0.05, 0) is 19.3 Å². The first-order chi connectivity index (χ1) is 8.68. The lowest BCUT2D eigenvalue weighted by molar-refractivity contribution is -0.386. The molecule has 0 aromatic carbocycles. The largest absolute Gasteiger partial charge is 0.482 e. The Hall–Kier alpha value is -1.69. The maximum Gasteiger partial charge on any atom is 0.329 e. The van der Waals surface area contributed by atoms with E-state index in [1.165, 1.54) is 18.5 Å². The molecule has 2 unspecified atom stereocenters. The molecule has 0 radical (unpaired) electrons. The summed E-state index contributed by atoms with van der Waals surface area (Å²) in [7, 11) is 0. The number of pyridine rings is 1. The Bertz CT molecular complexity index is 425. The number of nitrogens with two attached hydrogens (primary N) is 1. The monoisotopic (exact) mass is 251 g/mol. The molecule has 1 aromatic rings. The van der Waals surface area contributed by atoms with Crippen molar-refractivity contribution in [1.82, 2.24) is 4.98 Å². The number of nitro groups is 1. The van der Waals surface area contributed by atoms with Gasteiger partial charge in [0.2, 0.25) is 5.75 Å². The fourth-order valence-corrected chi connectivity index (χ4v) is 2.22. The third-order valence-electron chi connectivity index (χ3n) is 3.24. The first-order valence-electron chi connectivity index (χ1n) is 6.19. The van der Waals surface area contributed by atoms with Crippen LogP contribution >= 0.6 is 0 Å². The first-order valence-corrected chi connectivity index (χ1v) is 6.19. The van der Waals surface area contributed by atoms with Crippen LogP contribution in [0.15, 0.2) is 18.5 Å². The molecule has 6 nitrogen and oxygen atoms in total. The van der Waals surface area contributed by atoms with Gasteiger partial charge < -0.3 is 10.5 Å². The van der Waals surface area contributed by atoms with E-state index in [2.05, 4.69) is 4.98 Å².